The van der Waals surface area contributed by atoms with Crippen LogP contribution in [0.25, 0.3) is 0 Å². The molecule has 2 aliphatic rings. The quantitative estimate of drug-likeness (QED) is 0.816. The van der Waals surface area contributed by atoms with E-state index in [1.807, 2.05) is 19.0 Å². The Morgan fingerprint density at radius 1 is 1.30 bits per heavy atom. The molecular weight excluding hydrogens is 296 g/mol. The summed E-state index contributed by atoms with van der Waals surface area (Å²) in [7, 11) is 3.65. The number of aromatic nitrogens is 2. The second-order valence-corrected chi connectivity index (χ2v) is 6.72. The number of fused-ring (bicyclic) bond motifs is 1. The summed E-state index contributed by atoms with van der Waals surface area (Å²) >= 11 is 0. The van der Waals surface area contributed by atoms with Gasteiger partial charge in [-0.3, -0.25) is 14.6 Å². The summed E-state index contributed by atoms with van der Waals surface area (Å²) in [4.78, 5) is 35.7. The Labute approximate surface area is 135 Å². The fourth-order valence-corrected chi connectivity index (χ4v) is 3.41. The first-order valence-corrected chi connectivity index (χ1v) is 8.22. The van der Waals surface area contributed by atoms with Gasteiger partial charge in [-0.15, -0.1) is 0 Å². The third-order valence-electron chi connectivity index (χ3n) is 4.84. The Kier molecular flexibility index (Phi) is 4.39. The Balaban J connectivity index is 1.77. The Bertz CT molecular complexity index is 647. The lowest BCUT2D eigenvalue weighted by atomic mass is 9.86. The van der Waals surface area contributed by atoms with Crippen molar-refractivity contribution < 1.29 is 9.90 Å². The van der Waals surface area contributed by atoms with E-state index in [1.54, 1.807) is 4.90 Å². The molecule has 23 heavy (non-hydrogen) atoms. The Morgan fingerprint density at radius 3 is 2.65 bits per heavy atom. The van der Waals surface area contributed by atoms with Crippen molar-refractivity contribution in [2.45, 2.75) is 44.8 Å². The topological polar surface area (TPSA) is 89.5 Å². The lowest BCUT2D eigenvalue weighted by Gasteiger charge is -2.33. The van der Waals surface area contributed by atoms with Gasteiger partial charge in [0.15, 0.2) is 0 Å². The van der Waals surface area contributed by atoms with Gasteiger partial charge >= 0.3 is 0 Å². The van der Waals surface area contributed by atoms with E-state index < -0.39 is 0 Å². The van der Waals surface area contributed by atoms with Crippen molar-refractivity contribution in [1.29, 1.82) is 0 Å². The van der Waals surface area contributed by atoms with Gasteiger partial charge in [0.05, 0.1) is 18.3 Å². The molecule has 0 radical (unpaired) electrons. The molecule has 3 rings (SSSR count). The van der Waals surface area contributed by atoms with E-state index in [-0.39, 0.29) is 23.5 Å². The van der Waals surface area contributed by atoms with E-state index in [2.05, 4.69) is 9.97 Å². The van der Waals surface area contributed by atoms with Crippen LogP contribution in [0.4, 0.5) is 5.95 Å². The average molecular weight is 320 g/mol. The maximum atomic E-state index is 12.7. The number of aliphatic hydroxyl groups excluding tert-OH is 1. The highest BCUT2D eigenvalue weighted by atomic mass is 16.3. The molecule has 2 heterocycles. The summed E-state index contributed by atoms with van der Waals surface area (Å²) in [6.07, 6.45) is 3.17. The highest BCUT2D eigenvalue weighted by Gasteiger charge is 2.31. The molecule has 1 fully saturated rings. The third-order valence-corrected chi connectivity index (χ3v) is 4.84. The monoisotopic (exact) mass is 320 g/mol. The van der Waals surface area contributed by atoms with Crippen molar-refractivity contribution in [3.05, 3.63) is 21.6 Å². The molecule has 1 amide bonds. The van der Waals surface area contributed by atoms with Gasteiger partial charge in [-0.25, -0.2) is 4.98 Å². The zero-order valence-corrected chi connectivity index (χ0v) is 13.7. The normalized spacial score (nSPS) is 24.2. The zero-order valence-electron chi connectivity index (χ0n) is 13.7. The first-order valence-electron chi connectivity index (χ1n) is 8.22. The predicted molar refractivity (Wildman–Crippen MR) is 86.3 cm³/mol. The molecule has 1 aromatic heterocycles. The highest BCUT2D eigenvalue weighted by molar-refractivity contribution is 5.79. The van der Waals surface area contributed by atoms with Crippen LogP contribution in [0, 0.1) is 5.92 Å². The van der Waals surface area contributed by atoms with Crippen LogP contribution < -0.4 is 10.5 Å². The van der Waals surface area contributed by atoms with Crippen LogP contribution in [0.5, 0.6) is 0 Å². The molecule has 7 nitrogen and oxygen atoms in total. The Hall–Kier alpha value is -1.89. The van der Waals surface area contributed by atoms with Crippen LogP contribution in [0.2, 0.25) is 0 Å². The van der Waals surface area contributed by atoms with Crippen LogP contribution >= 0.6 is 0 Å². The van der Waals surface area contributed by atoms with E-state index in [1.165, 1.54) is 0 Å². The van der Waals surface area contributed by atoms with Gasteiger partial charge in [0, 0.05) is 32.1 Å². The van der Waals surface area contributed by atoms with Crippen molar-refractivity contribution in [2.75, 3.05) is 25.5 Å². The van der Waals surface area contributed by atoms with Crippen molar-refractivity contribution in [2.24, 2.45) is 5.92 Å². The summed E-state index contributed by atoms with van der Waals surface area (Å²) in [5.74, 6) is 0.648. The lowest BCUT2D eigenvalue weighted by Crippen LogP contribution is -2.43. The number of amides is 1. The summed E-state index contributed by atoms with van der Waals surface area (Å²) in [5.41, 5.74) is 1.29. The molecule has 0 saturated heterocycles. The second-order valence-electron chi connectivity index (χ2n) is 6.72. The molecule has 1 saturated carbocycles. The molecule has 2 N–H and O–H groups in total. The molecule has 1 aliphatic carbocycles. The molecule has 0 atom stereocenters. The molecule has 0 unspecified atom stereocenters. The fourth-order valence-electron chi connectivity index (χ4n) is 3.41. The van der Waals surface area contributed by atoms with E-state index in [4.69, 9.17) is 0 Å². The number of carbonyl (C=O) groups excluding carboxylic acids is 1. The molecule has 1 aromatic rings. The van der Waals surface area contributed by atoms with Gasteiger partial charge < -0.3 is 14.9 Å². The minimum absolute atomic E-state index is 0.00438. The number of aromatic amines is 1. The van der Waals surface area contributed by atoms with Crippen molar-refractivity contribution >= 4 is 11.9 Å². The van der Waals surface area contributed by atoms with Gasteiger partial charge in [0.25, 0.3) is 5.56 Å². The van der Waals surface area contributed by atoms with E-state index >= 15 is 0 Å². The minimum Gasteiger partial charge on any atom is -0.393 e. The molecule has 0 bridgehead atoms. The van der Waals surface area contributed by atoms with Crippen molar-refractivity contribution in [3.8, 4) is 0 Å². The highest BCUT2D eigenvalue weighted by Crippen LogP contribution is 2.27. The number of anilines is 1. The van der Waals surface area contributed by atoms with Crippen LogP contribution in [0.3, 0.4) is 0 Å². The Morgan fingerprint density at radius 2 is 2.00 bits per heavy atom. The van der Waals surface area contributed by atoms with Crippen LogP contribution in [-0.2, 0) is 17.8 Å². The number of nitrogens with zero attached hydrogens (tertiary/aromatic N) is 3. The first-order chi connectivity index (χ1) is 11.0. The number of rotatable bonds is 2. The zero-order chi connectivity index (χ0) is 16.6. The van der Waals surface area contributed by atoms with Crippen molar-refractivity contribution in [3.63, 3.8) is 0 Å². The third kappa shape index (κ3) is 3.24. The summed E-state index contributed by atoms with van der Waals surface area (Å²) in [6, 6.07) is 0. The fraction of sp³-hybridized carbons (Fsp3) is 0.688. The van der Waals surface area contributed by atoms with Gasteiger partial charge in [0.2, 0.25) is 11.9 Å². The molecule has 0 aromatic carbocycles. The summed E-state index contributed by atoms with van der Waals surface area (Å²) in [6.45, 7) is 0.967. The van der Waals surface area contributed by atoms with E-state index in [0.29, 0.717) is 49.6 Å². The minimum atomic E-state index is -0.260. The van der Waals surface area contributed by atoms with Crippen LogP contribution in [-0.4, -0.2) is 52.6 Å². The number of H-pyrrole nitrogens is 1. The van der Waals surface area contributed by atoms with Crippen molar-refractivity contribution in [1.82, 2.24) is 14.9 Å². The molecular formula is C16H24N4O3. The maximum absolute atomic E-state index is 12.7. The molecule has 1 aliphatic heterocycles. The average Bonchev–Trinajstić information content (AvgIpc) is 2.54. The number of aliphatic hydroxyl groups is 1. The van der Waals surface area contributed by atoms with Gasteiger partial charge in [-0.1, -0.05) is 0 Å². The molecule has 0 spiro atoms. The van der Waals surface area contributed by atoms with Crippen LogP contribution in [0.1, 0.15) is 36.9 Å². The number of nitrogens with one attached hydrogen (secondary N) is 1. The summed E-state index contributed by atoms with van der Waals surface area (Å²) in [5, 5.41) is 9.58. The second kappa shape index (κ2) is 6.31. The molecule has 7 heteroatoms. The SMILES string of the molecule is CN(C)c1nc2c(c(=O)[nH]1)CCN(C(=O)C1CCC(O)CC1)C2. The number of carbonyl (C=O) groups is 1. The first kappa shape index (κ1) is 16.0. The molecule has 126 valence electrons. The maximum Gasteiger partial charge on any atom is 0.255 e. The van der Waals surface area contributed by atoms with Gasteiger partial charge in [0.1, 0.15) is 0 Å². The van der Waals surface area contributed by atoms with E-state index in [9.17, 15) is 14.7 Å². The smallest absolute Gasteiger partial charge is 0.255 e. The standard InChI is InChI=1S/C16H24N4O3/c1-19(2)16-17-13-9-20(8-7-12(13)14(22)18-16)15(23)10-3-5-11(21)6-4-10/h10-11,21H,3-9H2,1-2H3,(H,17,18,22). The van der Waals surface area contributed by atoms with Gasteiger partial charge in [-0.05, 0) is 32.1 Å². The van der Waals surface area contributed by atoms with E-state index in [0.717, 1.165) is 12.8 Å². The summed E-state index contributed by atoms with van der Waals surface area (Å²) < 4.78 is 0. The van der Waals surface area contributed by atoms with Crippen LogP contribution in [0.15, 0.2) is 4.79 Å². The predicted octanol–water partition coefficient (Wildman–Crippen LogP) is 0.272. The van der Waals surface area contributed by atoms with Gasteiger partial charge in [-0.2, -0.15) is 0 Å². The number of hydrogen-bond acceptors (Lipinski definition) is 5. The number of hydrogen-bond donors (Lipinski definition) is 2. The lowest BCUT2D eigenvalue weighted by molar-refractivity contribution is -0.138. The largest absolute Gasteiger partial charge is 0.393 e.